The Balaban J connectivity index is 1.14. The molecule has 0 unspecified atom stereocenters. The molecule has 0 amide bonds. The van der Waals surface area contributed by atoms with Gasteiger partial charge in [0.15, 0.2) is 11.6 Å². The number of aromatic nitrogens is 5. The third-order valence-corrected chi connectivity index (χ3v) is 12.8. The van der Waals surface area contributed by atoms with Gasteiger partial charge in [0.1, 0.15) is 11.2 Å². The second kappa shape index (κ2) is 11.9. The van der Waals surface area contributed by atoms with Crippen LogP contribution in [0.5, 0.6) is 0 Å². The first-order chi connectivity index (χ1) is 28.8. The molecule has 0 saturated carbocycles. The summed E-state index contributed by atoms with van der Waals surface area (Å²) in [5, 5.41) is 9.25. The van der Waals surface area contributed by atoms with Crippen molar-refractivity contribution < 1.29 is 4.42 Å². The van der Waals surface area contributed by atoms with Crippen LogP contribution in [0.3, 0.4) is 0 Å². The molecular formula is C51H29N5OS. The number of furan rings is 1. The SMILES string of the molecule is c1ccc(-n2c3ccccc3c3ccc4c(c5ccccc5n4-c4nc(-c5ccc6c(c5)oc5ccccc56)nc(-c5cccc6c5sc5ccccc56)n4)c32)cc1. The minimum absolute atomic E-state index is 0.552. The van der Waals surface area contributed by atoms with Gasteiger partial charge in [0, 0.05) is 69.3 Å². The summed E-state index contributed by atoms with van der Waals surface area (Å²) in [7, 11) is 0. The van der Waals surface area contributed by atoms with Crippen LogP contribution in [0.1, 0.15) is 0 Å². The molecule has 0 fully saturated rings. The van der Waals surface area contributed by atoms with Crippen molar-refractivity contribution in [3.63, 3.8) is 0 Å². The monoisotopic (exact) mass is 759 g/mol. The number of benzene rings is 8. The lowest BCUT2D eigenvalue weighted by molar-refractivity contribution is 0.669. The van der Waals surface area contributed by atoms with Crippen molar-refractivity contribution in [2.24, 2.45) is 0 Å². The van der Waals surface area contributed by atoms with E-state index < -0.39 is 0 Å². The number of fused-ring (bicyclic) bond motifs is 13. The van der Waals surface area contributed by atoms with Crippen molar-refractivity contribution in [1.82, 2.24) is 24.1 Å². The van der Waals surface area contributed by atoms with Gasteiger partial charge in [0.25, 0.3) is 0 Å². The van der Waals surface area contributed by atoms with Crippen LogP contribution >= 0.6 is 11.3 Å². The Morgan fingerprint density at radius 1 is 0.431 bits per heavy atom. The van der Waals surface area contributed by atoms with E-state index in [-0.39, 0.29) is 0 Å². The van der Waals surface area contributed by atoms with Crippen molar-refractivity contribution in [2.75, 3.05) is 0 Å². The Hall–Kier alpha value is -7.61. The van der Waals surface area contributed by atoms with Gasteiger partial charge < -0.3 is 8.98 Å². The van der Waals surface area contributed by atoms with Crippen molar-refractivity contribution >= 4 is 97.1 Å². The third kappa shape index (κ3) is 4.44. The van der Waals surface area contributed by atoms with E-state index >= 15 is 0 Å². The summed E-state index contributed by atoms with van der Waals surface area (Å²) in [5.41, 5.74) is 8.94. The molecule has 0 saturated heterocycles. The second-order valence-corrected chi connectivity index (χ2v) is 15.8. The van der Waals surface area contributed by atoms with Crippen LogP contribution in [0.25, 0.3) is 120 Å². The van der Waals surface area contributed by atoms with Crippen LogP contribution in [0.2, 0.25) is 0 Å². The molecule has 0 aliphatic rings. The molecule has 0 bridgehead atoms. The maximum atomic E-state index is 6.38. The van der Waals surface area contributed by atoms with Gasteiger partial charge in [-0.1, -0.05) is 115 Å². The zero-order chi connectivity index (χ0) is 37.9. The lowest BCUT2D eigenvalue weighted by atomic mass is 10.1. The highest BCUT2D eigenvalue weighted by Gasteiger charge is 2.24. The van der Waals surface area contributed by atoms with Crippen LogP contribution < -0.4 is 0 Å². The number of thiophene rings is 1. The van der Waals surface area contributed by atoms with E-state index in [4.69, 9.17) is 19.4 Å². The molecule has 13 rings (SSSR count). The molecule has 7 heteroatoms. The fourth-order valence-electron chi connectivity index (χ4n) is 9.07. The molecule has 270 valence electrons. The van der Waals surface area contributed by atoms with Gasteiger partial charge in [-0.05, 0) is 60.7 Å². The molecule has 58 heavy (non-hydrogen) atoms. The summed E-state index contributed by atoms with van der Waals surface area (Å²) in [6.45, 7) is 0. The average molecular weight is 760 g/mol. The first-order valence-corrected chi connectivity index (χ1v) is 20.2. The first kappa shape index (κ1) is 31.6. The zero-order valence-corrected chi connectivity index (χ0v) is 31.6. The highest BCUT2D eigenvalue weighted by molar-refractivity contribution is 7.26. The van der Waals surface area contributed by atoms with E-state index in [2.05, 4.69) is 167 Å². The molecule has 8 aromatic carbocycles. The maximum absolute atomic E-state index is 6.38. The molecule has 0 aliphatic heterocycles. The van der Waals surface area contributed by atoms with Gasteiger partial charge in [-0.15, -0.1) is 11.3 Å². The number of para-hydroxylation sites is 4. The highest BCUT2D eigenvalue weighted by Crippen LogP contribution is 2.43. The van der Waals surface area contributed by atoms with E-state index in [0.717, 1.165) is 76.3 Å². The molecule has 0 N–H and O–H groups in total. The van der Waals surface area contributed by atoms with Gasteiger partial charge in [0.2, 0.25) is 5.95 Å². The van der Waals surface area contributed by atoms with Crippen LogP contribution in [-0.4, -0.2) is 24.1 Å². The van der Waals surface area contributed by atoms with Gasteiger partial charge in [-0.25, -0.2) is 4.98 Å². The lowest BCUT2D eigenvalue weighted by Gasteiger charge is -2.12. The van der Waals surface area contributed by atoms with Crippen molar-refractivity contribution in [3.8, 4) is 34.4 Å². The number of rotatable bonds is 4. The van der Waals surface area contributed by atoms with E-state index in [1.165, 1.54) is 26.2 Å². The summed E-state index contributed by atoms with van der Waals surface area (Å²) >= 11 is 1.78. The summed E-state index contributed by atoms with van der Waals surface area (Å²) in [5.74, 6) is 1.74. The summed E-state index contributed by atoms with van der Waals surface area (Å²) in [4.78, 5) is 16.0. The molecule has 5 aromatic heterocycles. The van der Waals surface area contributed by atoms with Crippen molar-refractivity contribution in [1.29, 1.82) is 0 Å². The van der Waals surface area contributed by atoms with Gasteiger partial charge in [0.05, 0.1) is 22.1 Å². The smallest absolute Gasteiger partial charge is 0.238 e. The minimum Gasteiger partial charge on any atom is -0.456 e. The number of hydrogen-bond donors (Lipinski definition) is 0. The second-order valence-electron chi connectivity index (χ2n) is 14.8. The van der Waals surface area contributed by atoms with Gasteiger partial charge >= 0.3 is 0 Å². The van der Waals surface area contributed by atoms with Crippen LogP contribution in [0, 0.1) is 0 Å². The number of hydrogen-bond acceptors (Lipinski definition) is 5. The maximum Gasteiger partial charge on any atom is 0.238 e. The van der Waals surface area contributed by atoms with E-state index in [1.54, 1.807) is 11.3 Å². The Bertz CT molecular complexity index is 3820. The quantitative estimate of drug-likeness (QED) is 0.179. The normalized spacial score (nSPS) is 12.1. The first-order valence-electron chi connectivity index (χ1n) is 19.4. The molecule has 0 aliphatic carbocycles. The Kier molecular flexibility index (Phi) is 6.50. The highest BCUT2D eigenvalue weighted by atomic mass is 32.1. The van der Waals surface area contributed by atoms with Gasteiger partial charge in [-0.3, -0.25) is 4.57 Å². The van der Waals surface area contributed by atoms with E-state index in [9.17, 15) is 0 Å². The minimum atomic E-state index is 0.552. The van der Waals surface area contributed by atoms with Gasteiger partial charge in [-0.2, -0.15) is 9.97 Å². The third-order valence-electron chi connectivity index (χ3n) is 11.6. The van der Waals surface area contributed by atoms with E-state index in [0.29, 0.717) is 17.6 Å². The predicted molar refractivity (Wildman–Crippen MR) is 240 cm³/mol. The Labute approximate surface area is 334 Å². The summed E-state index contributed by atoms with van der Waals surface area (Å²) in [6, 6.07) is 61.9. The Morgan fingerprint density at radius 2 is 1.10 bits per heavy atom. The number of nitrogens with zero attached hydrogens (tertiary/aromatic N) is 5. The molecule has 13 aromatic rings. The summed E-state index contributed by atoms with van der Waals surface area (Å²) in [6.07, 6.45) is 0. The van der Waals surface area contributed by atoms with Crippen LogP contribution in [0.15, 0.2) is 180 Å². The molecule has 5 heterocycles. The van der Waals surface area contributed by atoms with Crippen molar-refractivity contribution in [2.45, 2.75) is 0 Å². The summed E-state index contributed by atoms with van der Waals surface area (Å²) < 4.78 is 13.4. The fourth-order valence-corrected chi connectivity index (χ4v) is 10.3. The topological polar surface area (TPSA) is 61.7 Å². The molecular weight excluding hydrogens is 731 g/mol. The zero-order valence-electron chi connectivity index (χ0n) is 30.8. The average Bonchev–Trinajstić information content (AvgIpc) is 4.04. The molecule has 0 atom stereocenters. The molecule has 6 nitrogen and oxygen atoms in total. The van der Waals surface area contributed by atoms with E-state index in [1.807, 2.05) is 18.2 Å². The fraction of sp³-hybridized carbons (Fsp3) is 0. The van der Waals surface area contributed by atoms with Crippen LogP contribution in [0.4, 0.5) is 0 Å². The molecule has 0 radical (unpaired) electrons. The lowest BCUT2D eigenvalue weighted by Crippen LogP contribution is -2.06. The molecule has 0 spiro atoms. The largest absolute Gasteiger partial charge is 0.456 e. The van der Waals surface area contributed by atoms with Crippen molar-refractivity contribution in [3.05, 3.63) is 176 Å². The van der Waals surface area contributed by atoms with Crippen LogP contribution in [-0.2, 0) is 0 Å². The Morgan fingerprint density at radius 3 is 1.98 bits per heavy atom. The standard InChI is InChI=1S/C51H29N5OS/c1-2-13-31(14-3-1)55-40-21-8-4-15-32(40)36-27-28-42-46(47(36)55)38-18-5-9-22-41(38)56(42)51-53-49(30-25-26-34-33-16-6-10-23-43(33)57-44(34)29-30)52-50(54-51)39-20-12-19-37-35-17-7-11-24-45(35)58-48(37)39/h1-29H. The predicted octanol–water partition coefficient (Wildman–Crippen LogP) is 13.7.